The molecule has 2 aromatic carbocycles. The van der Waals surface area contributed by atoms with Crippen molar-refractivity contribution in [3.63, 3.8) is 0 Å². The third kappa shape index (κ3) is 4.75. The zero-order valence-electron chi connectivity index (χ0n) is 17.7. The van der Waals surface area contributed by atoms with Gasteiger partial charge in [-0.05, 0) is 30.7 Å². The molecular formula is C23H22N4O6. The fraction of sp³-hybridized carbons (Fsp3) is 0.261. The highest BCUT2D eigenvalue weighted by atomic mass is 16.6. The molecule has 33 heavy (non-hydrogen) atoms. The quantitative estimate of drug-likeness (QED) is 0.541. The van der Waals surface area contributed by atoms with Gasteiger partial charge >= 0.3 is 11.9 Å². The van der Waals surface area contributed by atoms with Crippen LogP contribution in [-0.4, -0.2) is 50.9 Å². The molecule has 1 aliphatic heterocycles. The number of benzene rings is 2. The largest absolute Gasteiger partial charge is 0.452 e. The van der Waals surface area contributed by atoms with E-state index in [0.29, 0.717) is 17.5 Å². The molecule has 4 atom stereocenters. The van der Waals surface area contributed by atoms with Gasteiger partial charge in [-0.15, -0.1) is 5.10 Å². The Hall–Kier alpha value is -4.05. The lowest BCUT2D eigenvalue weighted by atomic mass is 10.1. The predicted octanol–water partition coefficient (Wildman–Crippen LogP) is 2.14. The minimum absolute atomic E-state index is 0.218. The number of aromatic nitrogens is 3. The van der Waals surface area contributed by atoms with E-state index in [-0.39, 0.29) is 5.82 Å². The van der Waals surface area contributed by atoms with Crippen molar-refractivity contribution in [3.8, 4) is 0 Å². The number of amides is 1. The van der Waals surface area contributed by atoms with Crippen molar-refractivity contribution in [2.75, 3.05) is 0 Å². The highest BCUT2D eigenvalue weighted by Crippen LogP contribution is 2.35. The Kier molecular flexibility index (Phi) is 6.45. The van der Waals surface area contributed by atoms with Gasteiger partial charge in [-0.25, -0.2) is 19.3 Å². The Balaban J connectivity index is 1.65. The highest BCUT2D eigenvalue weighted by Gasteiger charge is 2.50. The topological polar surface area (TPSA) is 136 Å². The lowest BCUT2D eigenvalue weighted by molar-refractivity contribution is -0.0563. The van der Waals surface area contributed by atoms with Gasteiger partial charge in [0.05, 0.1) is 11.1 Å². The number of rotatable bonds is 7. The summed E-state index contributed by atoms with van der Waals surface area (Å²) in [7, 11) is 0. The van der Waals surface area contributed by atoms with E-state index < -0.39 is 42.4 Å². The van der Waals surface area contributed by atoms with Gasteiger partial charge in [0.15, 0.2) is 18.4 Å². The maximum absolute atomic E-state index is 12.8. The molecule has 1 amide bonds. The van der Waals surface area contributed by atoms with Crippen LogP contribution in [0.5, 0.6) is 0 Å². The number of carbonyl (C=O) groups is 3. The van der Waals surface area contributed by atoms with Crippen molar-refractivity contribution in [3.05, 3.63) is 83.9 Å². The summed E-state index contributed by atoms with van der Waals surface area (Å²) >= 11 is 0. The molecule has 1 aromatic heterocycles. The molecule has 0 spiro atoms. The van der Waals surface area contributed by atoms with Crippen LogP contribution >= 0.6 is 0 Å². The van der Waals surface area contributed by atoms with Crippen LogP contribution in [0.1, 0.15) is 50.9 Å². The maximum atomic E-state index is 12.8. The molecule has 2 N–H and O–H groups in total. The summed E-state index contributed by atoms with van der Waals surface area (Å²) in [6, 6.07) is 16.9. The number of esters is 2. The van der Waals surface area contributed by atoms with Crippen molar-refractivity contribution in [1.82, 2.24) is 14.8 Å². The Bertz CT molecular complexity index is 1130. The van der Waals surface area contributed by atoms with E-state index in [1.54, 1.807) is 60.7 Å². The molecular weight excluding hydrogens is 428 g/mol. The van der Waals surface area contributed by atoms with E-state index in [9.17, 15) is 14.4 Å². The molecule has 2 heterocycles. The summed E-state index contributed by atoms with van der Waals surface area (Å²) in [6.07, 6.45) is -1.86. The Morgan fingerprint density at radius 3 is 1.97 bits per heavy atom. The number of nitrogens with zero attached hydrogens (tertiary/aromatic N) is 3. The third-order valence-electron chi connectivity index (χ3n) is 5.18. The van der Waals surface area contributed by atoms with Crippen molar-refractivity contribution >= 4 is 17.8 Å². The minimum atomic E-state index is -1.06. The smallest absolute Gasteiger partial charge is 0.338 e. The van der Waals surface area contributed by atoms with Crippen LogP contribution < -0.4 is 5.73 Å². The first kappa shape index (κ1) is 22.2. The van der Waals surface area contributed by atoms with Crippen LogP contribution in [0.15, 0.2) is 67.0 Å². The van der Waals surface area contributed by atoms with E-state index in [1.165, 1.54) is 11.0 Å². The molecule has 10 heteroatoms. The van der Waals surface area contributed by atoms with E-state index in [4.69, 9.17) is 19.9 Å². The van der Waals surface area contributed by atoms with Gasteiger partial charge in [0, 0.05) is 0 Å². The van der Waals surface area contributed by atoms with Gasteiger partial charge in [-0.2, -0.15) is 0 Å². The van der Waals surface area contributed by atoms with Crippen molar-refractivity contribution in [1.29, 1.82) is 0 Å². The summed E-state index contributed by atoms with van der Waals surface area (Å²) < 4.78 is 18.8. The van der Waals surface area contributed by atoms with Gasteiger partial charge in [0.1, 0.15) is 12.4 Å². The summed E-state index contributed by atoms with van der Waals surface area (Å²) in [5, 5.41) is 4.04. The van der Waals surface area contributed by atoms with Crippen molar-refractivity contribution in [2.24, 2.45) is 5.73 Å². The Morgan fingerprint density at radius 1 is 0.939 bits per heavy atom. The average Bonchev–Trinajstić information content (AvgIpc) is 3.46. The molecule has 170 valence electrons. The molecule has 0 unspecified atom stereocenters. The maximum Gasteiger partial charge on any atom is 0.338 e. The van der Waals surface area contributed by atoms with E-state index >= 15 is 0 Å². The first-order valence-corrected chi connectivity index (χ1v) is 10.4. The fourth-order valence-corrected chi connectivity index (χ4v) is 3.56. The molecule has 1 aliphatic rings. The first-order valence-electron chi connectivity index (χ1n) is 10.4. The molecule has 0 bridgehead atoms. The molecule has 0 radical (unpaired) electrons. The first-order chi connectivity index (χ1) is 16.0. The van der Waals surface area contributed by atoms with Crippen molar-refractivity contribution < 1.29 is 28.6 Å². The summed E-state index contributed by atoms with van der Waals surface area (Å²) in [5.41, 5.74) is 5.92. The molecule has 0 saturated carbocycles. The van der Waals surface area contributed by atoms with E-state index in [0.717, 1.165) is 0 Å². The lowest BCUT2D eigenvalue weighted by Gasteiger charge is -2.24. The Morgan fingerprint density at radius 2 is 1.48 bits per heavy atom. The second kappa shape index (κ2) is 9.61. The monoisotopic (exact) mass is 450 g/mol. The zero-order valence-corrected chi connectivity index (χ0v) is 17.7. The van der Waals surface area contributed by atoms with Gasteiger partial charge < -0.3 is 19.9 Å². The normalized spacial score (nSPS) is 22.0. The van der Waals surface area contributed by atoms with Gasteiger partial charge in [-0.1, -0.05) is 43.3 Å². The minimum Gasteiger partial charge on any atom is -0.452 e. The van der Waals surface area contributed by atoms with Gasteiger partial charge in [0.25, 0.3) is 5.91 Å². The standard InChI is InChI=1S/C23H22N4O6/c1-2-16-17(32-22(29)14-9-5-3-6-10-14)18(33-23(30)15-11-7-4-8-12-15)21(31-16)27-13-25-20(26-27)19(24)28/h3-13,16-18,21H,2H2,1H3,(H2,24,28)/t16-,17-,18-,21-/m1/s1. The van der Waals surface area contributed by atoms with Crippen LogP contribution in [0.4, 0.5) is 0 Å². The number of carbonyl (C=O) groups excluding carboxylic acids is 3. The van der Waals surface area contributed by atoms with Crippen LogP contribution in [0.25, 0.3) is 0 Å². The van der Waals surface area contributed by atoms with Crippen LogP contribution in [0, 0.1) is 0 Å². The number of ether oxygens (including phenoxy) is 3. The molecule has 1 fully saturated rings. The Labute approximate surface area is 189 Å². The number of primary amides is 1. The van der Waals surface area contributed by atoms with Crippen LogP contribution in [0.3, 0.4) is 0 Å². The third-order valence-corrected chi connectivity index (χ3v) is 5.18. The van der Waals surface area contributed by atoms with Crippen LogP contribution in [0.2, 0.25) is 0 Å². The predicted molar refractivity (Wildman–Crippen MR) is 114 cm³/mol. The second-order valence-electron chi connectivity index (χ2n) is 7.36. The summed E-state index contributed by atoms with van der Waals surface area (Å²) in [6.45, 7) is 1.85. The summed E-state index contributed by atoms with van der Waals surface area (Å²) in [5.74, 6) is -2.24. The van der Waals surface area contributed by atoms with Gasteiger partial charge in [0.2, 0.25) is 5.82 Å². The molecule has 0 aliphatic carbocycles. The molecule has 3 aromatic rings. The number of hydrogen-bond donors (Lipinski definition) is 1. The zero-order chi connectivity index (χ0) is 23.4. The van der Waals surface area contributed by atoms with E-state index in [2.05, 4.69) is 10.1 Å². The second-order valence-corrected chi connectivity index (χ2v) is 7.36. The molecule has 10 nitrogen and oxygen atoms in total. The molecule has 4 rings (SSSR count). The lowest BCUT2D eigenvalue weighted by Crippen LogP contribution is -2.39. The summed E-state index contributed by atoms with van der Waals surface area (Å²) in [4.78, 5) is 41.0. The average molecular weight is 450 g/mol. The van der Waals surface area contributed by atoms with Gasteiger partial charge in [-0.3, -0.25) is 4.79 Å². The number of nitrogens with two attached hydrogens (primary N) is 1. The van der Waals surface area contributed by atoms with Crippen molar-refractivity contribution in [2.45, 2.75) is 37.9 Å². The molecule has 1 saturated heterocycles. The van der Waals surface area contributed by atoms with E-state index in [1.807, 2.05) is 6.92 Å². The van der Waals surface area contributed by atoms with Crippen LogP contribution in [-0.2, 0) is 14.2 Å². The highest BCUT2D eigenvalue weighted by molar-refractivity contribution is 5.90. The fourth-order valence-electron chi connectivity index (χ4n) is 3.56. The SMILES string of the molecule is CC[C@H]1O[C@@H](n2cnc(C(N)=O)n2)[C@H](OC(=O)c2ccccc2)[C@@H]1OC(=O)c1ccccc1. The number of hydrogen-bond acceptors (Lipinski definition) is 8.